The largest absolute Gasteiger partial charge is 0.393 e. The fourth-order valence-electron chi connectivity index (χ4n) is 3.84. The van der Waals surface area contributed by atoms with Crippen LogP contribution < -0.4 is 5.32 Å². The third-order valence-electron chi connectivity index (χ3n) is 4.85. The lowest BCUT2D eigenvalue weighted by Crippen LogP contribution is -2.35. The lowest BCUT2D eigenvalue weighted by Gasteiger charge is -2.16. The highest BCUT2D eigenvalue weighted by molar-refractivity contribution is 5.98. The van der Waals surface area contributed by atoms with E-state index in [2.05, 4.69) is 10.4 Å². The van der Waals surface area contributed by atoms with Crippen molar-refractivity contribution >= 4 is 11.8 Å². The second-order valence-electron chi connectivity index (χ2n) is 6.25. The van der Waals surface area contributed by atoms with Crippen LogP contribution in [0.15, 0.2) is 6.07 Å². The molecule has 3 aliphatic rings. The number of amides is 2. The standard InChI is InChI=1S/C14H18N4O3/c19-10-3-8-6-17(7-9(8)4-10)14(21)11-5-12-13(20)15-1-2-18(12)16-11/h5,8-10,19H,1-4,6-7H2,(H,15,20)/t8-,9+,10?. The molecule has 112 valence electrons. The predicted molar refractivity (Wildman–Crippen MR) is 72.7 cm³/mol. The summed E-state index contributed by atoms with van der Waals surface area (Å²) in [6, 6.07) is 1.58. The Morgan fingerprint density at radius 2 is 2.05 bits per heavy atom. The van der Waals surface area contributed by atoms with Gasteiger partial charge in [0, 0.05) is 25.7 Å². The van der Waals surface area contributed by atoms with Gasteiger partial charge in [0.05, 0.1) is 12.6 Å². The first-order valence-electron chi connectivity index (χ1n) is 7.45. The molecule has 3 atom stereocenters. The van der Waals surface area contributed by atoms with E-state index in [0.717, 1.165) is 12.8 Å². The topological polar surface area (TPSA) is 87.5 Å². The third-order valence-corrected chi connectivity index (χ3v) is 4.85. The number of hydrogen-bond acceptors (Lipinski definition) is 4. The molecule has 0 aromatic carbocycles. The number of aromatic nitrogens is 2. The number of likely N-dealkylation sites (tertiary alicyclic amines) is 1. The number of rotatable bonds is 1. The minimum absolute atomic E-state index is 0.103. The summed E-state index contributed by atoms with van der Waals surface area (Å²) in [4.78, 5) is 26.1. The molecule has 0 radical (unpaired) electrons. The van der Waals surface area contributed by atoms with Crippen LogP contribution in [0.1, 0.15) is 33.8 Å². The van der Waals surface area contributed by atoms with E-state index in [1.807, 2.05) is 4.90 Å². The Kier molecular flexibility index (Phi) is 2.78. The van der Waals surface area contributed by atoms with E-state index >= 15 is 0 Å². The van der Waals surface area contributed by atoms with Crippen LogP contribution in [-0.4, -0.2) is 57.3 Å². The summed E-state index contributed by atoms with van der Waals surface area (Å²) < 4.78 is 1.60. The van der Waals surface area contributed by atoms with Crippen molar-refractivity contribution < 1.29 is 14.7 Å². The number of nitrogens with one attached hydrogen (secondary N) is 1. The molecule has 1 aliphatic carbocycles. The van der Waals surface area contributed by atoms with Gasteiger partial charge < -0.3 is 15.3 Å². The van der Waals surface area contributed by atoms with Crippen molar-refractivity contribution in [2.75, 3.05) is 19.6 Å². The Hall–Kier alpha value is -1.89. The summed E-state index contributed by atoms with van der Waals surface area (Å²) in [6.45, 7) is 2.53. The Balaban J connectivity index is 1.53. The van der Waals surface area contributed by atoms with Gasteiger partial charge in [-0.3, -0.25) is 14.3 Å². The summed E-state index contributed by atoms with van der Waals surface area (Å²) in [7, 11) is 0. The zero-order valence-corrected chi connectivity index (χ0v) is 11.7. The van der Waals surface area contributed by atoms with Gasteiger partial charge in [-0.05, 0) is 24.7 Å². The summed E-state index contributed by atoms with van der Waals surface area (Å²) in [6.07, 6.45) is 1.37. The molecule has 0 spiro atoms. The molecule has 21 heavy (non-hydrogen) atoms. The van der Waals surface area contributed by atoms with Crippen molar-refractivity contribution in [3.05, 3.63) is 17.5 Å². The zero-order valence-electron chi connectivity index (χ0n) is 11.7. The number of carbonyl (C=O) groups excluding carboxylic acids is 2. The lowest BCUT2D eigenvalue weighted by molar-refractivity contribution is 0.0758. The smallest absolute Gasteiger partial charge is 0.274 e. The second-order valence-corrected chi connectivity index (χ2v) is 6.25. The van der Waals surface area contributed by atoms with Gasteiger partial charge in [-0.1, -0.05) is 0 Å². The van der Waals surface area contributed by atoms with Gasteiger partial charge in [0.15, 0.2) is 5.69 Å². The molecular formula is C14H18N4O3. The number of aliphatic hydroxyl groups is 1. The van der Waals surface area contributed by atoms with E-state index in [1.165, 1.54) is 0 Å². The number of aliphatic hydroxyl groups excluding tert-OH is 1. The monoisotopic (exact) mass is 290 g/mol. The van der Waals surface area contributed by atoms with Gasteiger partial charge in [0.1, 0.15) is 5.69 Å². The van der Waals surface area contributed by atoms with Gasteiger partial charge in [-0.2, -0.15) is 5.10 Å². The molecule has 2 aliphatic heterocycles. The van der Waals surface area contributed by atoms with E-state index < -0.39 is 0 Å². The van der Waals surface area contributed by atoms with Gasteiger partial charge in [0.25, 0.3) is 11.8 Å². The summed E-state index contributed by atoms with van der Waals surface area (Å²) >= 11 is 0. The number of nitrogens with zero attached hydrogens (tertiary/aromatic N) is 3. The molecule has 1 saturated heterocycles. The van der Waals surface area contributed by atoms with Gasteiger partial charge in [-0.25, -0.2) is 0 Å². The van der Waals surface area contributed by atoms with Gasteiger partial charge in [0.2, 0.25) is 0 Å². The molecule has 1 aromatic rings. The fourth-order valence-corrected chi connectivity index (χ4v) is 3.84. The van der Waals surface area contributed by atoms with Crippen molar-refractivity contribution in [1.29, 1.82) is 0 Å². The van der Waals surface area contributed by atoms with Crippen LogP contribution in [-0.2, 0) is 6.54 Å². The van der Waals surface area contributed by atoms with Crippen LogP contribution in [0, 0.1) is 11.8 Å². The molecule has 2 N–H and O–H groups in total. The van der Waals surface area contributed by atoms with Crippen LogP contribution in [0.3, 0.4) is 0 Å². The lowest BCUT2D eigenvalue weighted by atomic mass is 10.0. The highest BCUT2D eigenvalue weighted by atomic mass is 16.3. The number of hydrogen-bond donors (Lipinski definition) is 2. The first-order chi connectivity index (χ1) is 10.1. The first kappa shape index (κ1) is 12.8. The molecule has 1 unspecified atom stereocenters. The molecule has 2 fully saturated rings. The second kappa shape index (κ2) is 4.56. The molecule has 3 heterocycles. The summed E-state index contributed by atoms with van der Waals surface area (Å²) in [5, 5.41) is 16.7. The molecule has 7 nitrogen and oxygen atoms in total. The van der Waals surface area contributed by atoms with Gasteiger partial charge in [-0.15, -0.1) is 0 Å². The summed E-state index contributed by atoms with van der Waals surface area (Å²) in [5.41, 5.74) is 0.807. The normalized spacial score (nSPS) is 31.0. The van der Waals surface area contributed by atoms with Crippen molar-refractivity contribution in [3.8, 4) is 0 Å². The molecule has 4 rings (SSSR count). The molecule has 2 amide bonds. The Morgan fingerprint density at radius 1 is 1.33 bits per heavy atom. The Morgan fingerprint density at radius 3 is 2.71 bits per heavy atom. The third kappa shape index (κ3) is 2.03. The molecule has 1 saturated carbocycles. The predicted octanol–water partition coefficient (Wildman–Crippen LogP) is -0.531. The summed E-state index contributed by atoms with van der Waals surface area (Å²) in [5.74, 6) is 0.539. The Bertz CT molecular complexity index is 597. The van der Waals surface area contributed by atoms with E-state index in [9.17, 15) is 14.7 Å². The van der Waals surface area contributed by atoms with Crippen LogP contribution in [0.25, 0.3) is 0 Å². The van der Waals surface area contributed by atoms with Crippen LogP contribution in [0.4, 0.5) is 0 Å². The SMILES string of the molecule is O=C1NCCn2nc(C(=O)N3C[C@H]4CC(O)C[C@H]4C3)cc21. The maximum atomic E-state index is 12.5. The molecule has 0 bridgehead atoms. The minimum atomic E-state index is -0.208. The maximum Gasteiger partial charge on any atom is 0.274 e. The first-order valence-corrected chi connectivity index (χ1v) is 7.45. The van der Waals surface area contributed by atoms with Gasteiger partial charge >= 0.3 is 0 Å². The Labute approximate surface area is 121 Å². The van der Waals surface area contributed by atoms with Crippen molar-refractivity contribution in [2.45, 2.75) is 25.5 Å². The number of carbonyl (C=O) groups is 2. The van der Waals surface area contributed by atoms with Crippen molar-refractivity contribution in [2.24, 2.45) is 11.8 Å². The van der Waals surface area contributed by atoms with E-state index in [4.69, 9.17) is 0 Å². The van der Waals surface area contributed by atoms with E-state index in [0.29, 0.717) is 49.4 Å². The number of fused-ring (bicyclic) bond motifs is 2. The van der Waals surface area contributed by atoms with E-state index in [1.54, 1.807) is 10.7 Å². The quantitative estimate of drug-likeness (QED) is 0.728. The van der Waals surface area contributed by atoms with Crippen LogP contribution in [0.2, 0.25) is 0 Å². The average Bonchev–Trinajstić information content (AvgIpc) is 3.10. The van der Waals surface area contributed by atoms with Crippen molar-refractivity contribution in [1.82, 2.24) is 20.0 Å². The van der Waals surface area contributed by atoms with Crippen LogP contribution in [0.5, 0.6) is 0 Å². The van der Waals surface area contributed by atoms with E-state index in [-0.39, 0.29) is 17.9 Å². The molecule has 1 aromatic heterocycles. The average molecular weight is 290 g/mol. The van der Waals surface area contributed by atoms with Crippen molar-refractivity contribution in [3.63, 3.8) is 0 Å². The molecular weight excluding hydrogens is 272 g/mol. The van der Waals surface area contributed by atoms with Crippen LogP contribution >= 0.6 is 0 Å². The highest BCUT2D eigenvalue weighted by Gasteiger charge is 2.42. The zero-order chi connectivity index (χ0) is 14.6. The maximum absolute atomic E-state index is 12.5. The molecule has 7 heteroatoms. The fraction of sp³-hybridized carbons (Fsp3) is 0.643. The highest BCUT2D eigenvalue weighted by Crippen LogP contribution is 2.38. The minimum Gasteiger partial charge on any atom is -0.393 e.